The molecule has 0 atom stereocenters. The Kier molecular flexibility index (Phi) is 7.19. The van der Waals surface area contributed by atoms with Gasteiger partial charge in [0.25, 0.3) is 0 Å². The number of hydrogen-bond donors (Lipinski definition) is 2. The number of aliphatic imine (C=N–C) groups is 1. The lowest BCUT2D eigenvalue weighted by molar-refractivity contribution is 0.606. The maximum absolute atomic E-state index is 13.6. The van der Waals surface area contributed by atoms with Gasteiger partial charge in [0.05, 0.1) is 12.2 Å². The van der Waals surface area contributed by atoms with Crippen molar-refractivity contribution >= 4 is 11.8 Å². The van der Waals surface area contributed by atoms with E-state index in [1.54, 1.807) is 12.1 Å². The van der Waals surface area contributed by atoms with Gasteiger partial charge in [0.2, 0.25) is 0 Å². The van der Waals surface area contributed by atoms with Gasteiger partial charge in [0.1, 0.15) is 11.6 Å². The molecule has 2 rings (SSSR count). The molecule has 0 unspecified atom stereocenters. The zero-order chi connectivity index (χ0) is 18.1. The molecular formula is C19H26FN5. The highest BCUT2D eigenvalue weighted by Gasteiger charge is 2.03. The predicted molar refractivity (Wildman–Crippen MR) is 101 cm³/mol. The summed E-state index contributed by atoms with van der Waals surface area (Å²) in [6.07, 6.45) is 0.603. The number of anilines is 1. The normalized spacial score (nSPS) is 11.3. The number of hydrogen-bond acceptors (Lipinski definition) is 3. The van der Waals surface area contributed by atoms with Crippen LogP contribution in [0.1, 0.15) is 18.2 Å². The molecule has 2 aromatic rings. The van der Waals surface area contributed by atoms with Crippen molar-refractivity contribution in [2.75, 3.05) is 32.1 Å². The van der Waals surface area contributed by atoms with Crippen LogP contribution in [0.3, 0.4) is 0 Å². The summed E-state index contributed by atoms with van der Waals surface area (Å²) in [6, 6.07) is 12.7. The Hall–Kier alpha value is -2.63. The van der Waals surface area contributed by atoms with E-state index in [1.807, 2.05) is 50.2 Å². The molecule has 2 N–H and O–H groups in total. The van der Waals surface area contributed by atoms with Crippen LogP contribution in [-0.2, 0) is 13.0 Å². The molecule has 0 saturated heterocycles. The van der Waals surface area contributed by atoms with Crippen molar-refractivity contribution in [2.24, 2.45) is 4.99 Å². The molecule has 0 bridgehead atoms. The molecule has 1 aromatic carbocycles. The van der Waals surface area contributed by atoms with Gasteiger partial charge in [0, 0.05) is 27.2 Å². The van der Waals surface area contributed by atoms with Gasteiger partial charge < -0.3 is 15.5 Å². The summed E-state index contributed by atoms with van der Waals surface area (Å²) >= 11 is 0. The van der Waals surface area contributed by atoms with E-state index in [0.717, 1.165) is 18.1 Å². The minimum absolute atomic E-state index is 0.170. The van der Waals surface area contributed by atoms with E-state index < -0.39 is 0 Å². The smallest absolute Gasteiger partial charge is 0.191 e. The van der Waals surface area contributed by atoms with Crippen molar-refractivity contribution in [3.05, 3.63) is 59.5 Å². The van der Waals surface area contributed by atoms with Crippen molar-refractivity contribution in [1.29, 1.82) is 0 Å². The monoisotopic (exact) mass is 343 g/mol. The standard InChI is InChI=1S/C19H26FN5/c1-4-21-19(22-13-12-15-8-5-6-10-17(15)20)23-14-16-9-7-11-18(24-16)25(2)3/h5-11H,4,12-14H2,1-3H3,(H2,21,22,23). The van der Waals surface area contributed by atoms with E-state index >= 15 is 0 Å². The van der Waals surface area contributed by atoms with Gasteiger partial charge in [-0.25, -0.2) is 14.4 Å². The molecule has 0 aliphatic rings. The third-order valence-electron chi connectivity index (χ3n) is 3.64. The first-order valence-corrected chi connectivity index (χ1v) is 8.49. The van der Waals surface area contributed by atoms with E-state index in [1.165, 1.54) is 6.07 Å². The van der Waals surface area contributed by atoms with Gasteiger partial charge in [-0.2, -0.15) is 0 Å². The lowest BCUT2D eigenvalue weighted by Gasteiger charge is -2.13. The molecule has 0 spiro atoms. The highest BCUT2D eigenvalue weighted by atomic mass is 19.1. The Bertz CT molecular complexity index is 700. The first kappa shape index (κ1) is 18.7. The summed E-state index contributed by atoms with van der Waals surface area (Å²) in [4.78, 5) is 11.1. The highest BCUT2D eigenvalue weighted by Crippen LogP contribution is 2.09. The van der Waals surface area contributed by atoms with Crippen LogP contribution in [0.5, 0.6) is 0 Å². The molecule has 0 saturated carbocycles. The number of pyridine rings is 1. The molecule has 1 heterocycles. The summed E-state index contributed by atoms with van der Waals surface area (Å²) < 4.78 is 13.6. The summed E-state index contributed by atoms with van der Waals surface area (Å²) in [5.74, 6) is 1.44. The fourth-order valence-electron chi connectivity index (χ4n) is 2.32. The fourth-order valence-corrected chi connectivity index (χ4v) is 2.32. The van der Waals surface area contributed by atoms with Crippen LogP contribution in [0.4, 0.5) is 10.2 Å². The number of aromatic nitrogens is 1. The van der Waals surface area contributed by atoms with Crippen LogP contribution in [0.2, 0.25) is 0 Å². The number of guanidine groups is 1. The van der Waals surface area contributed by atoms with Gasteiger partial charge >= 0.3 is 0 Å². The largest absolute Gasteiger partial charge is 0.363 e. The Morgan fingerprint density at radius 2 is 1.92 bits per heavy atom. The summed E-state index contributed by atoms with van der Waals surface area (Å²) in [5, 5.41) is 6.44. The second-order valence-electron chi connectivity index (χ2n) is 5.84. The van der Waals surface area contributed by atoms with Crippen molar-refractivity contribution in [2.45, 2.75) is 19.9 Å². The van der Waals surface area contributed by atoms with Crippen LogP contribution >= 0.6 is 0 Å². The average Bonchev–Trinajstić information content (AvgIpc) is 2.61. The Labute approximate surface area is 149 Å². The number of halogens is 1. The maximum atomic E-state index is 13.6. The molecule has 134 valence electrons. The highest BCUT2D eigenvalue weighted by molar-refractivity contribution is 5.79. The van der Waals surface area contributed by atoms with E-state index in [0.29, 0.717) is 31.0 Å². The Morgan fingerprint density at radius 3 is 2.64 bits per heavy atom. The Balaban J connectivity index is 1.94. The number of nitrogens with one attached hydrogen (secondary N) is 2. The first-order chi connectivity index (χ1) is 12.1. The van der Waals surface area contributed by atoms with Gasteiger partial charge in [-0.15, -0.1) is 0 Å². The molecule has 6 heteroatoms. The van der Waals surface area contributed by atoms with Crippen LogP contribution < -0.4 is 15.5 Å². The minimum atomic E-state index is -0.170. The zero-order valence-electron chi connectivity index (χ0n) is 15.1. The fraction of sp³-hybridized carbons (Fsp3) is 0.368. The molecule has 0 aliphatic heterocycles. The van der Waals surface area contributed by atoms with Crippen LogP contribution in [0.15, 0.2) is 47.5 Å². The second kappa shape index (κ2) is 9.61. The third kappa shape index (κ3) is 6.06. The van der Waals surface area contributed by atoms with Gasteiger partial charge in [-0.05, 0) is 37.1 Å². The van der Waals surface area contributed by atoms with Crippen LogP contribution in [0, 0.1) is 5.82 Å². The number of rotatable bonds is 7. The average molecular weight is 343 g/mol. The number of nitrogens with zero attached hydrogens (tertiary/aromatic N) is 3. The summed E-state index contributed by atoms with van der Waals surface area (Å²) in [7, 11) is 3.92. The topological polar surface area (TPSA) is 52.6 Å². The zero-order valence-corrected chi connectivity index (χ0v) is 15.1. The van der Waals surface area contributed by atoms with Crippen LogP contribution in [-0.4, -0.2) is 38.1 Å². The van der Waals surface area contributed by atoms with Crippen molar-refractivity contribution in [1.82, 2.24) is 15.6 Å². The summed E-state index contributed by atoms with van der Waals surface area (Å²) in [6.45, 7) is 3.87. The van der Waals surface area contributed by atoms with E-state index in [4.69, 9.17) is 0 Å². The molecule has 0 radical (unpaired) electrons. The Morgan fingerprint density at radius 1 is 1.12 bits per heavy atom. The van der Waals surface area contributed by atoms with Gasteiger partial charge in [-0.1, -0.05) is 24.3 Å². The lowest BCUT2D eigenvalue weighted by atomic mass is 10.1. The predicted octanol–water partition coefficient (Wildman–Crippen LogP) is 2.58. The number of benzene rings is 1. The summed E-state index contributed by atoms with van der Waals surface area (Å²) in [5.41, 5.74) is 1.60. The molecule has 0 fully saturated rings. The lowest BCUT2D eigenvalue weighted by Crippen LogP contribution is -2.38. The quantitative estimate of drug-likeness (QED) is 0.599. The second-order valence-corrected chi connectivity index (χ2v) is 5.84. The molecular weight excluding hydrogens is 317 g/mol. The van der Waals surface area contributed by atoms with Crippen molar-refractivity contribution < 1.29 is 4.39 Å². The van der Waals surface area contributed by atoms with Crippen LogP contribution in [0.25, 0.3) is 0 Å². The van der Waals surface area contributed by atoms with E-state index in [9.17, 15) is 4.39 Å². The van der Waals surface area contributed by atoms with Crippen molar-refractivity contribution in [3.8, 4) is 0 Å². The molecule has 5 nitrogen and oxygen atoms in total. The van der Waals surface area contributed by atoms with Gasteiger partial charge in [-0.3, -0.25) is 0 Å². The maximum Gasteiger partial charge on any atom is 0.191 e. The SMILES string of the molecule is CCNC(=NCc1cccc(N(C)C)n1)NCCc1ccccc1F. The van der Waals surface area contributed by atoms with Gasteiger partial charge in [0.15, 0.2) is 5.96 Å². The first-order valence-electron chi connectivity index (χ1n) is 8.49. The van der Waals surface area contributed by atoms with E-state index in [2.05, 4.69) is 20.6 Å². The molecule has 1 aromatic heterocycles. The van der Waals surface area contributed by atoms with Crippen molar-refractivity contribution in [3.63, 3.8) is 0 Å². The third-order valence-corrected chi connectivity index (χ3v) is 3.64. The molecule has 0 amide bonds. The minimum Gasteiger partial charge on any atom is -0.363 e. The molecule has 0 aliphatic carbocycles. The molecule has 25 heavy (non-hydrogen) atoms. The van der Waals surface area contributed by atoms with E-state index in [-0.39, 0.29) is 5.82 Å².